The van der Waals surface area contributed by atoms with E-state index in [1.807, 2.05) is 27.7 Å². The lowest BCUT2D eigenvalue weighted by Gasteiger charge is -2.25. The summed E-state index contributed by atoms with van der Waals surface area (Å²) in [5.41, 5.74) is 5.28. The van der Waals surface area contributed by atoms with Crippen LogP contribution in [0, 0.1) is 0 Å². The fourth-order valence-electron chi connectivity index (χ4n) is 1.50. The van der Waals surface area contributed by atoms with Crippen molar-refractivity contribution >= 4 is 5.91 Å². The van der Waals surface area contributed by atoms with E-state index in [9.17, 15) is 4.79 Å². The van der Waals surface area contributed by atoms with Crippen molar-refractivity contribution in [3.05, 3.63) is 0 Å². The van der Waals surface area contributed by atoms with E-state index in [0.717, 1.165) is 19.4 Å². The summed E-state index contributed by atoms with van der Waals surface area (Å²) in [6.45, 7) is 9.36. The van der Waals surface area contributed by atoms with Gasteiger partial charge in [-0.1, -0.05) is 13.8 Å². The third-order valence-electron chi connectivity index (χ3n) is 3.02. The Morgan fingerprint density at radius 1 is 1.29 bits per heavy atom. The Balaban J connectivity index is 3.64. The Labute approximate surface area is 105 Å². The molecule has 4 heteroatoms. The summed E-state index contributed by atoms with van der Waals surface area (Å²) in [5, 5.41) is 2.89. The molecule has 0 aromatic heterocycles. The molecular formula is C13H28N2O2. The van der Waals surface area contributed by atoms with Crippen LogP contribution in [-0.4, -0.2) is 30.7 Å². The highest BCUT2D eigenvalue weighted by molar-refractivity contribution is 5.85. The summed E-state index contributed by atoms with van der Waals surface area (Å²) in [6.07, 6.45) is 3.52. The first-order valence-corrected chi connectivity index (χ1v) is 6.65. The monoisotopic (exact) mass is 244 g/mol. The van der Waals surface area contributed by atoms with E-state index in [4.69, 9.17) is 10.5 Å². The predicted octanol–water partition coefficient (Wildman–Crippen LogP) is 1.83. The van der Waals surface area contributed by atoms with Crippen LogP contribution in [0.25, 0.3) is 0 Å². The second kappa shape index (κ2) is 8.48. The van der Waals surface area contributed by atoms with Crippen molar-refractivity contribution < 1.29 is 9.53 Å². The molecule has 0 unspecified atom stereocenters. The first-order chi connectivity index (χ1) is 7.96. The van der Waals surface area contributed by atoms with Gasteiger partial charge in [-0.3, -0.25) is 4.79 Å². The summed E-state index contributed by atoms with van der Waals surface area (Å²) >= 11 is 0. The van der Waals surface area contributed by atoms with Gasteiger partial charge in [0.1, 0.15) is 0 Å². The molecule has 0 atom stereocenters. The maximum atomic E-state index is 11.8. The maximum absolute atomic E-state index is 11.8. The number of nitrogens with two attached hydrogens (primary N) is 1. The first-order valence-electron chi connectivity index (χ1n) is 6.65. The second-order valence-electron chi connectivity index (χ2n) is 4.75. The van der Waals surface area contributed by atoms with Gasteiger partial charge in [0, 0.05) is 13.2 Å². The molecule has 17 heavy (non-hydrogen) atoms. The highest BCUT2D eigenvalue weighted by Gasteiger charge is 2.29. The molecule has 0 rings (SSSR count). The third kappa shape index (κ3) is 6.64. The minimum absolute atomic E-state index is 0.0349. The molecule has 0 heterocycles. The van der Waals surface area contributed by atoms with Gasteiger partial charge in [-0.2, -0.15) is 0 Å². The molecular weight excluding hydrogens is 216 g/mol. The quantitative estimate of drug-likeness (QED) is 0.608. The molecule has 0 bridgehead atoms. The van der Waals surface area contributed by atoms with Crippen molar-refractivity contribution in [2.75, 3.05) is 13.2 Å². The Bertz CT molecular complexity index is 213. The van der Waals surface area contributed by atoms with Gasteiger partial charge in [0.15, 0.2) is 0 Å². The fourth-order valence-corrected chi connectivity index (χ4v) is 1.50. The smallest absolute Gasteiger partial charge is 0.240 e. The molecule has 0 aliphatic rings. The first kappa shape index (κ1) is 16.4. The molecule has 0 aliphatic carbocycles. The molecule has 0 fully saturated rings. The van der Waals surface area contributed by atoms with Crippen molar-refractivity contribution in [3.63, 3.8) is 0 Å². The lowest BCUT2D eigenvalue weighted by atomic mass is 9.93. The Hall–Kier alpha value is -0.610. The van der Waals surface area contributed by atoms with Crippen molar-refractivity contribution in [3.8, 4) is 0 Å². The molecule has 0 aliphatic heterocycles. The molecule has 4 nitrogen and oxygen atoms in total. The molecule has 0 radical (unpaired) electrons. The van der Waals surface area contributed by atoms with Gasteiger partial charge in [-0.05, 0) is 39.5 Å². The average molecular weight is 244 g/mol. The Morgan fingerprint density at radius 3 is 2.35 bits per heavy atom. The number of carbonyl (C=O) groups is 1. The third-order valence-corrected chi connectivity index (χ3v) is 3.02. The minimum Gasteiger partial charge on any atom is -0.379 e. The number of amides is 1. The summed E-state index contributed by atoms with van der Waals surface area (Å²) in [5.74, 6) is -0.0349. The number of carbonyl (C=O) groups excluding carboxylic acids is 1. The normalized spacial score (nSPS) is 11.9. The van der Waals surface area contributed by atoms with E-state index < -0.39 is 5.54 Å². The Kier molecular flexibility index (Phi) is 8.17. The molecule has 1 amide bonds. The lowest BCUT2D eigenvalue weighted by molar-refractivity contribution is -0.126. The highest BCUT2D eigenvalue weighted by atomic mass is 16.5. The van der Waals surface area contributed by atoms with Gasteiger partial charge >= 0.3 is 0 Å². The number of unbranched alkanes of at least 4 members (excludes halogenated alkanes) is 1. The minimum atomic E-state index is -0.700. The standard InChI is InChI=1S/C13H28N2O2/c1-5-13(14,6-2)12(16)15-9-7-8-10-17-11(3)4/h11H,5-10,14H2,1-4H3,(H,15,16). The molecule has 0 saturated carbocycles. The zero-order valence-electron chi connectivity index (χ0n) is 11.7. The van der Waals surface area contributed by atoms with Crippen molar-refractivity contribution in [1.82, 2.24) is 5.32 Å². The van der Waals surface area contributed by atoms with Crippen LogP contribution in [0.3, 0.4) is 0 Å². The largest absolute Gasteiger partial charge is 0.379 e. The van der Waals surface area contributed by atoms with Gasteiger partial charge in [-0.25, -0.2) is 0 Å². The highest BCUT2D eigenvalue weighted by Crippen LogP contribution is 2.10. The number of hydrogen-bond donors (Lipinski definition) is 2. The van der Waals surface area contributed by atoms with Gasteiger partial charge in [0.25, 0.3) is 0 Å². The fraction of sp³-hybridized carbons (Fsp3) is 0.923. The topological polar surface area (TPSA) is 64.4 Å². The van der Waals surface area contributed by atoms with Gasteiger partial charge in [0.05, 0.1) is 11.6 Å². The number of nitrogens with one attached hydrogen (secondary N) is 1. The molecule has 0 saturated heterocycles. The molecule has 0 aromatic carbocycles. The van der Waals surface area contributed by atoms with Crippen LogP contribution in [-0.2, 0) is 9.53 Å². The summed E-state index contributed by atoms with van der Waals surface area (Å²) in [7, 11) is 0. The molecule has 0 spiro atoms. The van der Waals surface area contributed by atoms with Gasteiger partial charge < -0.3 is 15.8 Å². The second-order valence-corrected chi connectivity index (χ2v) is 4.75. The van der Waals surface area contributed by atoms with E-state index in [2.05, 4.69) is 5.32 Å². The van der Waals surface area contributed by atoms with Crippen molar-refractivity contribution in [2.45, 2.75) is 65.0 Å². The molecule has 0 aromatic rings. The van der Waals surface area contributed by atoms with Crippen LogP contribution >= 0.6 is 0 Å². The van der Waals surface area contributed by atoms with Crippen molar-refractivity contribution in [1.29, 1.82) is 0 Å². The van der Waals surface area contributed by atoms with E-state index in [0.29, 0.717) is 19.4 Å². The Morgan fingerprint density at radius 2 is 1.88 bits per heavy atom. The van der Waals surface area contributed by atoms with Crippen LogP contribution in [0.4, 0.5) is 0 Å². The summed E-state index contributed by atoms with van der Waals surface area (Å²) in [6, 6.07) is 0. The van der Waals surface area contributed by atoms with E-state index in [-0.39, 0.29) is 12.0 Å². The van der Waals surface area contributed by atoms with Gasteiger partial charge in [-0.15, -0.1) is 0 Å². The SMILES string of the molecule is CCC(N)(CC)C(=O)NCCCCOC(C)C. The number of ether oxygens (including phenoxy) is 1. The van der Waals surface area contributed by atoms with Crippen molar-refractivity contribution in [2.24, 2.45) is 5.73 Å². The maximum Gasteiger partial charge on any atom is 0.240 e. The zero-order valence-corrected chi connectivity index (χ0v) is 11.7. The molecule has 102 valence electrons. The lowest BCUT2D eigenvalue weighted by Crippen LogP contribution is -2.53. The van der Waals surface area contributed by atoms with Crippen LogP contribution in [0.5, 0.6) is 0 Å². The predicted molar refractivity (Wildman–Crippen MR) is 70.8 cm³/mol. The van der Waals surface area contributed by atoms with Crippen LogP contribution in [0.2, 0.25) is 0 Å². The van der Waals surface area contributed by atoms with Crippen LogP contribution in [0.1, 0.15) is 53.4 Å². The average Bonchev–Trinajstić information content (AvgIpc) is 2.31. The summed E-state index contributed by atoms with van der Waals surface area (Å²) in [4.78, 5) is 11.8. The number of rotatable bonds is 9. The summed E-state index contributed by atoms with van der Waals surface area (Å²) < 4.78 is 5.42. The van der Waals surface area contributed by atoms with Crippen LogP contribution in [0.15, 0.2) is 0 Å². The zero-order chi connectivity index (χ0) is 13.3. The van der Waals surface area contributed by atoms with E-state index in [1.54, 1.807) is 0 Å². The van der Waals surface area contributed by atoms with E-state index in [1.165, 1.54) is 0 Å². The van der Waals surface area contributed by atoms with Crippen LogP contribution < -0.4 is 11.1 Å². The number of hydrogen-bond acceptors (Lipinski definition) is 3. The van der Waals surface area contributed by atoms with Gasteiger partial charge in [0.2, 0.25) is 5.91 Å². The van der Waals surface area contributed by atoms with E-state index >= 15 is 0 Å². The molecule has 3 N–H and O–H groups in total.